The lowest BCUT2D eigenvalue weighted by Crippen LogP contribution is -2.37. The van der Waals surface area contributed by atoms with Gasteiger partial charge < -0.3 is 19.7 Å². The molecule has 28 heavy (non-hydrogen) atoms. The molecule has 1 fully saturated rings. The maximum atomic E-state index is 13.1. The Morgan fingerprint density at radius 1 is 1.25 bits per heavy atom. The van der Waals surface area contributed by atoms with E-state index in [9.17, 15) is 19.1 Å². The van der Waals surface area contributed by atoms with E-state index < -0.39 is 11.4 Å². The first kappa shape index (κ1) is 18.0. The maximum Gasteiger partial charge on any atom is 0.321 e. The molecule has 2 aromatic carbocycles. The third-order valence-corrected chi connectivity index (χ3v) is 5.01. The average Bonchev–Trinajstić information content (AvgIpc) is 3.26. The van der Waals surface area contributed by atoms with Crippen molar-refractivity contribution in [1.29, 1.82) is 0 Å². The highest BCUT2D eigenvalue weighted by Crippen LogP contribution is 2.31. The molecule has 7 nitrogen and oxygen atoms in total. The smallest absolute Gasteiger partial charge is 0.321 e. The molecule has 3 aromatic rings. The molecule has 1 unspecified atom stereocenters. The Kier molecular flexibility index (Phi) is 4.26. The molecule has 0 saturated carbocycles. The second-order valence-electron chi connectivity index (χ2n) is 7.18. The number of urea groups is 1. The molecule has 1 aromatic heterocycles. The SMILES string of the molecule is CC1(C(=O)O)CCN(C(=O)Nc2ccc3nc(-c4ccc(F)cc4)oc3c2)C1. The number of fused-ring (bicyclic) bond motifs is 1. The molecule has 0 aliphatic carbocycles. The molecule has 1 aliphatic rings. The zero-order valence-corrected chi connectivity index (χ0v) is 15.1. The Morgan fingerprint density at radius 2 is 2.00 bits per heavy atom. The topological polar surface area (TPSA) is 95.7 Å². The van der Waals surface area contributed by atoms with Crippen LogP contribution in [0.4, 0.5) is 14.9 Å². The number of hydrogen-bond acceptors (Lipinski definition) is 4. The van der Waals surface area contributed by atoms with Crippen molar-refractivity contribution in [3.63, 3.8) is 0 Å². The Labute approximate surface area is 159 Å². The molecule has 1 atom stereocenters. The lowest BCUT2D eigenvalue weighted by molar-refractivity contribution is -0.146. The maximum absolute atomic E-state index is 13.1. The summed E-state index contributed by atoms with van der Waals surface area (Å²) < 4.78 is 18.8. The average molecular weight is 383 g/mol. The van der Waals surface area contributed by atoms with E-state index in [0.717, 1.165) is 0 Å². The molecule has 2 N–H and O–H groups in total. The Morgan fingerprint density at radius 3 is 2.68 bits per heavy atom. The minimum atomic E-state index is -0.920. The number of carboxylic acids is 1. The van der Waals surface area contributed by atoms with Crippen molar-refractivity contribution in [2.75, 3.05) is 18.4 Å². The van der Waals surface area contributed by atoms with Gasteiger partial charge in [0, 0.05) is 30.4 Å². The van der Waals surface area contributed by atoms with Crippen molar-refractivity contribution < 1.29 is 23.5 Å². The van der Waals surface area contributed by atoms with Crippen LogP contribution < -0.4 is 5.32 Å². The van der Waals surface area contributed by atoms with Gasteiger partial charge in [-0.05, 0) is 49.7 Å². The van der Waals surface area contributed by atoms with E-state index in [1.54, 1.807) is 37.3 Å². The second-order valence-corrected chi connectivity index (χ2v) is 7.18. The number of carbonyl (C=O) groups excluding carboxylic acids is 1. The van der Waals surface area contributed by atoms with Crippen LogP contribution in [0.2, 0.25) is 0 Å². The summed E-state index contributed by atoms with van der Waals surface area (Å²) in [6.07, 6.45) is 0.415. The highest BCUT2D eigenvalue weighted by molar-refractivity contribution is 5.92. The Hall–Kier alpha value is -3.42. The van der Waals surface area contributed by atoms with Crippen molar-refractivity contribution in [1.82, 2.24) is 9.88 Å². The summed E-state index contributed by atoms with van der Waals surface area (Å²) in [6.45, 7) is 2.18. The standard InChI is InChI=1S/C20H18FN3O4/c1-20(18(25)26)8-9-24(11-20)19(27)22-14-6-7-15-16(10-14)28-17(23-15)12-2-4-13(21)5-3-12/h2-7,10H,8-9,11H2,1H3,(H,22,27)(H,25,26). The molecule has 4 rings (SSSR count). The number of oxazole rings is 1. The number of benzene rings is 2. The summed E-state index contributed by atoms with van der Waals surface area (Å²) in [4.78, 5) is 29.7. The number of nitrogens with zero attached hydrogens (tertiary/aromatic N) is 2. The molecular weight excluding hydrogens is 365 g/mol. The number of carboxylic acid groups (broad SMARTS) is 1. The van der Waals surface area contributed by atoms with E-state index in [4.69, 9.17) is 4.42 Å². The van der Waals surface area contributed by atoms with Crippen molar-refractivity contribution in [2.45, 2.75) is 13.3 Å². The molecule has 0 radical (unpaired) electrons. The third-order valence-electron chi connectivity index (χ3n) is 5.01. The molecule has 2 amide bonds. The van der Waals surface area contributed by atoms with E-state index in [0.29, 0.717) is 41.2 Å². The number of nitrogens with one attached hydrogen (secondary N) is 1. The van der Waals surface area contributed by atoms with Crippen molar-refractivity contribution in [3.8, 4) is 11.5 Å². The predicted octanol–water partition coefficient (Wildman–Crippen LogP) is 3.96. The first-order valence-corrected chi connectivity index (χ1v) is 8.80. The highest BCUT2D eigenvalue weighted by Gasteiger charge is 2.42. The number of halogens is 1. The number of hydrogen-bond donors (Lipinski definition) is 2. The van der Waals surface area contributed by atoms with E-state index in [-0.39, 0.29) is 18.4 Å². The summed E-state index contributed by atoms with van der Waals surface area (Å²) >= 11 is 0. The number of carbonyl (C=O) groups is 2. The van der Waals surface area contributed by atoms with E-state index >= 15 is 0 Å². The summed E-state index contributed by atoms with van der Waals surface area (Å²) in [5, 5.41) is 12.1. The van der Waals surface area contributed by atoms with Crippen LogP contribution in [0.25, 0.3) is 22.6 Å². The minimum Gasteiger partial charge on any atom is -0.481 e. The number of amides is 2. The van der Waals surface area contributed by atoms with E-state index in [1.807, 2.05) is 0 Å². The Balaban J connectivity index is 1.51. The molecule has 0 spiro atoms. The number of aliphatic carboxylic acids is 1. The van der Waals surface area contributed by atoms with Gasteiger partial charge in [0.05, 0.1) is 5.41 Å². The first-order chi connectivity index (χ1) is 13.3. The summed E-state index contributed by atoms with van der Waals surface area (Å²) in [6, 6.07) is 10.5. The van der Waals surface area contributed by atoms with Crippen LogP contribution in [0.15, 0.2) is 46.9 Å². The van der Waals surface area contributed by atoms with Gasteiger partial charge in [-0.2, -0.15) is 0 Å². The fraction of sp³-hybridized carbons (Fsp3) is 0.250. The second kappa shape index (κ2) is 6.63. The largest absolute Gasteiger partial charge is 0.481 e. The monoisotopic (exact) mass is 383 g/mol. The molecule has 0 bridgehead atoms. The third kappa shape index (κ3) is 3.28. The van der Waals surface area contributed by atoms with Crippen LogP contribution in [0.3, 0.4) is 0 Å². The van der Waals surface area contributed by atoms with Crippen LogP contribution >= 0.6 is 0 Å². The number of anilines is 1. The molecule has 1 saturated heterocycles. The van der Waals surface area contributed by atoms with Gasteiger partial charge in [0.15, 0.2) is 5.58 Å². The normalized spacial score (nSPS) is 19.1. The molecule has 8 heteroatoms. The van der Waals surface area contributed by atoms with E-state index in [2.05, 4.69) is 10.3 Å². The number of rotatable bonds is 3. The van der Waals surface area contributed by atoms with Gasteiger partial charge in [-0.25, -0.2) is 14.2 Å². The Bertz CT molecular complexity index is 1060. The summed E-state index contributed by atoms with van der Waals surface area (Å²) in [5.41, 5.74) is 1.33. The van der Waals surface area contributed by atoms with Crippen molar-refractivity contribution >= 4 is 28.8 Å². The summed E-state index contributed by atoms with van der Waals surface area (Å²) in [5.74, 6) is -0.889. The molecule has 1 aliphatic heterocycles. The van der Waals surface area contributed by atoms with Crippen molar-refractivity contribution in [3.05, 3.63) is 48.3 Å². The first-order valence-electron chi connectivity index (χ1n) is 8.80. The van der Waals surface area contributed by atoms with Crippen LogP contribution in [0, 0.1) is 11.2 Å². The van der Waals surface area contributed by atoms with Gasteiger partial charge in [-0.3, -0.25) is 4.79 Å². The molecule has 2 heterocycles. The molecular formula is C20H18FN3O4. The zero-order chi connectivity index (χ0) is 19.9. The lowest BCUT2D eigenvalue weighted by Gasteiger charge is -2.20. The van der Waals surface area contributed by atoms with Gasteiger partial charge in [0.1, 0.15) is 11.3 Å². The lowest BCUT2D eigenvalue weighted by atomic mass is 9.90. The van der Waals surface area contributed by atoms with Crippen LogP contribution in [0.5, 0.6) is 0 Å². The zero-order valence-electron chi connectivity index (χ0n) is 15.1. The van der Waals surface area contributed by atoms with Gasteiger partial charge in [-0.1, -0.05) is 0 Å². The van der Waals surface area contributed by atoms with Gasteiger partial charge >= 0.3 is 12.0 Å². The van der Waals surface area contributed by atoms with Gasteiger partial charge in [0.2, 0.25) is 5.89 Å². The van der Waals surface area contributed by atoms with Crippen LogP contribution in [-0.4, -0.2) is 40.1 Å². The van der Waals surface area contributed by atoms with Gasteiger partial charge in [-0.15, -0.1) is 0 Å². The predicted molar refractivity (Wildman–Crippen MR) is 100 cm³/mol. The summed E-state index contributed by atoms with van der Waals surface area (Å²) in [7, 11) is 0. The molecule has 144 valence electrons. The minimum absolute atomic E-state index is 0.160. The van der Waals surface area contributed by atoms with Crippen LogP contribution in [0.1, 0.15) is 13.3 Å². The van der Waals surface area contributed by atoms with E-state index in [1.165, 1.54) is 17.0 Å². The fourth-order valence-corrected chi connectivity index (χ4v) is 3.23. The van der Waals surface area contributed by atoms with Gasteiger partial charge in [0.25, 0.3) is 0 Å². The number of aromatic nitrogens is 1. The quantitative estimate of drug-likeness (QED) is 0.714. The highest BCUT2D eigenvalue weighted by atomic mass is 19.1. The van der Waals surface area contributed by atoms with Crippen LogP contribution in [-0.2, 0) is 4.79 Å². The van der Waals surface area contributed by atoms with Crippen molar-refractivity contribution in [2.24, 2.45) is 5.41 Å². The number of likely N-dealkylation sites (tertiary alicyclic amines) is 1. The fourth-order valence-electron chi connectivity index (χ4n) is 3.23.